The second-order valence-electron chi connectivity index (χ2n) is 2.89. The molecule has 1 aromatic rings. The predicted molar refractivity (Wildman–Crippen MR) is 55.6 cm³/mol. The Morgan fingerprint density at radius 2 is 2.43 bits per heavy atom. The van der Waals surface area contributed by atoms with Gasteiger partial charge in [-0.15, -0.1) is 5.10 Å². The average molecular weight is 217 g/mol. The molecule has 6 heteroatoms. The molecule has 5 nitrogen and oxygen atoms in total. The highest BCUT2D eigenvalue weighted by Gasteiger charge is 2.06. The molecule has 1 heterocycles. The molecule has 0 radical (unpaired) electrons. The van der Waals surface area contributed by atoms with Gasteiger partial charge in [-0.25, -0.2) is 9.89 Å². The maximum Gasteiger partial charge on any atom is 0.343 e. The summed E-state index contributed by atoms with van der Waals surface area (Å²) < 4.78 is 1.63. The molecule has 0 fully saturated rings. The van der Waals surface area contributed by atoms with E-state index in [0.717, 1.165) is 18.6 Å². The normalized spacial score (nSPS) is 10.7. The van der Waals surface area contributed by atoms with Crippen LogP contribution in [0, 0.1) is 0 Å². The van der Waals surface area contributed by atoms with Crippen molar-refractivity contribution in [3.63, 3.8) is 0 Å². The first-order valence-electron chi connectivity index (χ1n) is 4.68. The third-order valence-electron chi connectivity index (χ3n) is 1.70. The zero-order valence-corrected chi connectivity index (χ0v) is 9.01. The molecule has 0 aliphatic heterocycles. The van der Waals surface area contributed by atoms with Gasteiger partial charge in [-0.2, -0.15) is 0 Å². The number of aromatic amines is 1. The summed E-state index contributed by atoms with van der Waals surface area (Å²) in [6.07, 6.45) is 1.63. The lowest BCUT2D eigenvalue weighted by Crippen LogP contribution is -2.17. The van der Waals surface area contributed by atoms with Crippen molar-refractivity contribution in [2.45, 2.75) is 31.5 Å². The van der Waals surface area contributed by atoms with Gasteiger partial charge in [-0.05, 0) is 12.8 Å². The molecule has 0 amide bonds. The molecule has 0 spiro atoms. The van der Waals surface area contributed by atoms with Crippen molar-refractivity contribution in [2.24, 2.45) is 0 Å². The number of nitrogens with one attached hydrogen (secondary N) is 1. The smallest absolute Gasteiger partial charge is 0.343 e. The van der Waals surface area contributed by atoms with Crippen LogP contribution in [0.4, 0.5) is 0 Å². The fourth-order valence-electron chi connectivity index (χ4n) is 1.06. The van der Waals surface area contributed by atoms with Crippen LogP contribution in [0.15, 0.2) is 9.95 Å². The third-order valence-corrected chi connectivity index (χ3v) is 2.77. The van der Waals surface area contributed by atoms with Crippen LogP contribution in [-0.2, 0) is 6.54 Å². The zero-order valence-electron chi connectivity index (χ0n) is 8.19. The lowest BCUT2D eigenvalue weighted by Gasteiger charge is -2.01. The first-order chi connectivity index (χ1) is 6.79. The lowest BCUT2D eigenvalue weighted by atomic mass is 10.5. The largest absolute Gasteiger partial charge is 0.396 e. The van der Waals surface area contributed by atoms with E-state index in [1.54, 1.807) is 4.57 Å². The monoisotopic (exact) mass is 217 g/mol. The summed E-state index contributed by atoms with van der Waals surface area (Å²) in [5, 5.41) is 15.7. The van der Waals surface area contributed by atoms with Gasteiger partial charge in [0.05, 0.1) is 0 Å². The molecule has 0 saturated heterocycles. The van der Waals surface area contributed by atoms with E-state index in [0.29, 0.717) is 11.7 Å². The predicted octanol–water partition coefficient (Wildman–Crippen LogP) is 0.456. The van der Waals surface area contributed by atoms with E-state index in [-0.39, 0.29) is 12.3 Å². The van der Waals surface area contributed by atoms with Gasteiger partial charge < -0.3 is 5.11 Å². The van der Waals surface area contributed by atoms with Crippen molar-refractivity contribution < 1.29 is 5.11 Å². The van der Waals surface area contributed by atoms with E-state index in [1.165, 1.54) is 11.8 Å². The summed E-state index contributed by atoms with van der Waals surface area (Å²) in [4.78, 5) is 11.2. The molecule has 2 N–H and O–H groups in total. The molecule has 14 heavy (non-hydrogen) atoms. The van der Waals surface area contributed by atoms with Crippen molar-refractivity contribution in [1.82, 2.24) is 14.8 Å². The molecule has 0 bridgehead atoms. The van der Waals surface area contributed by atoms with Crippen LogP contribution in [0.3, 0.4) is 0 Å². The zero-order chi connectivity index (χ0) is 10.4. The minimum Gasteiger partial charge on any atom is -0.396 e. The van der Waals surface area contributed by atoms with Crippen LogP contribution in [0.1, 0.15) is 19.8 Å². The summed E-state index contributed by atoms with van der Waals surface area (Å²) in [6.45, 7) is 2.88. The quantitative estimate of drug-likeness (QED) is 0.536. The number of aliphatic hydroxyl groups excluding tert-OH is 1. The highest BCUT2D eigenvalue weighted by molar-refractivity contribution is 7.99. The Labute approximate surface area is 86.5 Å². The van der Waals surface area contributed by atoms with E-state index in [4.69, 9.17) is 5.11 Å². The number of aliphatic hydroxyl groups is 1. The first kappa shape index (κ1) is 11.3. The average Bonchev–Trinajstić information content (AvgIpc) is 2.51. The molecular weight excluding hydrogens is 202 g/mol. The second kappa shape index (κ2) is 5.87. The Bertz CT molecular complexity index is 321. The van der Waals surface area contributed by atoms with Crippen molar-refractivity contribution in [2.75, 3.05) is 12.4 Å². The molecule has 0 atom stereocenters. The summed E-state index contributed by atoms with van der Waals surface area (Å²) in [7, 11) is 0. The highest BCUT2D eigenvalue weighted by Crippen LogP contribution is 2.13. The van der Waals surface area contributed by atoms with Gasteiger partial charge in [-0.1, -0.05) is 18.7 Å². The number of hydrogen-bond acceptors (Lipinski definition) is 4. The Morgan fingerprint density at radius 1 is 1.64 bits per heavy atom. The molecule has 1 rings (SSSR count). The van der Waals surface area contributed by atoms with E-state index in [9.17, 15) is 4.79 Å². The number of aromatic nitrogens is 3. The Balaban J connectivity index is 2.61. The third kappa shape index (κ3) is 2.88. The maximum absolute atomic E-state index is 11.2. The second-order valence-corrected chi connectivity index (χ2v) is 3.95. The molecule has 80 valence electrons. The Hall–Kier alpha value is -0.750. The number of thioether (sulfide) groups is 1. The maximum atomic E-state index is 11.2. The van der Waals surface area contributed by atoms with E-state index in [1.807, 2.05) is 6.92 Å². The van der Waals surface area contributed by atoms with Gasteiger partial charge in [0.2, 0.25) is 0 Å². The SMILES string of the molecule is CCCn1c(SCCCO)n[nH]c1=O. The topological polar surface area (TPSA) is 70.9 Å². The molecular formula is C8H15N3O2S. The number of rotatable bonds is 6. The van der Waals surface area contributed by atoms with Crippen molar-refractivity contribution in [3.8, 4) is 0 Å². The highest BCUT2D eigenvalue weighted by atomic mass is 32.2. The Kier molecular flexibility index (Phi) is 4.75. The fraction of sp³-hybridized carbons (Fsp3) is 0.750. The van der Waals surface area contributed by atoms with E-state index >= 15 is 0 Å². The van der Waals surface area contributed by atoms with Crippen molar-refractivity contribution in [3.05, 3.63) is 10.5 Å². The summed E-state index contributed by atoms with van der Waals surface area (Å²) in [5.74, 6) is 0.782. The summed E-state index contributed by atoms with van der Waals surface area (Å²) in [6, 6.07) is 0. The van der Waals surface area contributed by atoms with Crippen molar-refractivity contribution in [1.29, 1.82) is 0 Å². The van der Waals surface area contributed by atoms with Crippen LogP contribution in [0.5, 0.6) is 0 Å². The fourth-order valence-corrected chi connectivity index (χ4v) is 1.96. The molecule has 1 aromatic heterocycles. The van der Waals surface area contributed by atoms with Crippen LogP contribution in [-0.4, -0.2) is 32.2 Å². The minimum atomic E-state index is -0.154. The van der Waals surface area contributed by atoms with Crippen molar-refractivity contribution >= 4 is 11.8 Å². The Morgan fingerprint density at radius 3 is 3.07 bits per heavy atom. The number of nitrogens with zero attached hydrogens (tertiary/aromatic N) is 2. The first-order valence-corrected chi connectivity index (χ1v) is 5.67. The molecule has 0 aromatic carbocycles. The number of H-pyrrole nitrogens is 1. The molecule has 0 aliphatic carbocycles. The standard InChI is InChI=1S/C8H15N3O2S/c1-2-4-11-7(13)9-10-8(11)14-6-3-5-12/h12H,2-6H2,1H3,(H,9,13). The molecule has 0 aliphatic rings. The van der Waals surface area contributed by atoms with Gasteiger partial charge in [0, 0.05) is 18.9 Å². The van der Waals surface area contributed by atoms with Gasteiger partial charge >= 0.3 is 5.69 Å². The van der Waals surface area contributed by atoms with E-state index in [2.05, 4.69) is 10.2 Å². The van der Waals surface area contributed by atoms with Gasteiger partial charge in [0.25, 0.3) is 0 Å². The minimum absolute atomic E-state index is 0.154. The summed E-state index contributed by atoms with van der Waals surface area (Å²) in [5.41, 5.74) is -0.154. The van der Waals surface area contributed by atoms with Gasteiger partial charge in [-0.3, -0.25) is 4.57 Å². The summed E-state index contributed by atoms with van der Waals surface area (Å²) >= 11 is 1.49. The van der Waals surface area contributed by atoms with Gasteiger partial charge in [0.15, 0.2) is 5.16 Å². The van der Waals surface area contributed by atoms with E-state index < -0.39 is 0 Å². The van der Waals surface area contributed by atoms with Crippen LogP contribution in [0.25, 0.3) is 0 Å². The number of hydrogen-bond donors (Lipinski definition) is 2. The van der Waals surface area contributed by atoms with Crippen LogP contribution in [0.2, 0.25) is 0 Å². The van der Waals surface area contributed by atoms with Crippen LogP contribution >= 0.6 is 11.8 Å². The molecule has 0 unspecified atom stereocenters. The van der Waals surface area contributed by atoms with Gasteiger partial charge in [0.1, 0.15) is 0 Å². The van der Waals surface area contributed by atoms with Crippen LogP contribution < -0.4 is 5.69 Å². The molecule has 0 saturated carbocycles. The lowest BCUT2D eigenvalue weighted by molar-refractivity contribution is 0.296.